The van der Waals surface area contributed by atoms with Gasteiger partial charge in [0.05, 0.1) is 0 Å². The Balaban J connectivity index is 2.87. The minimum absolute atomic E-state index is 1.08. The zero-order valence-corrected chi connectivity index (χ0v) is 16.1. The van der Waals surface area contributed by atoms with Gasteiger partial charge in [-0.15, -0.1) is 0 Å². The van der Waals surface area contributed by atoms with Crippen molar-refractivity contribution >= 4 is 47.8 Å². The third kappa shape index (κ3) is 2.57. The van der Waals surface area contributed by atoms with Gasteiger partial charge in [0.2, 0.25) is 0 Å². The van der Waals surface area contributed by atoms with Gasteiger partial charge in [0, 0.05) is 19.0 Å². The van der Waals surface area contributed by atoms with Crippen molar-refractivity contribution in [2.24, 2.45) is 0 Å². The van der Waals surface area contributed by atoms with Crippen LogP contribution in [0.15, 0.2) is 31.6 Å². The van der Waals surface area contributed by atoms with Crippen LogP contribution >= 0.6 is 47.8 Å². The summed E-state index contributed by atoms with van der Waals surface area (Å²) in [4.78, 5) is 0. The maximum absolute atomic E-state index is 3.73. The van der Waals surface area contributed by atoms with Gasteiger partial charge in [-0.2, -0.15) is 0 Å². The number of hydrogen-bond donors (Lipinski definition) is 0. The lowest BCUT2D eigenvalue weighted by molar-refractivity contribution is 1.27. The average Bonchev–Trinajstić information content (AvgIpc) is 2.39. The van der Waals surface area contributed by atoms with E-state index in [4.69, 9.17) is 0 Å². The Morgan fingerprint density at radius 2 is 1.32 bits per heavy atom. The molecule has 0 saturated heterocycles. The lowest BCUT2D eigenvalue weighted by Gasteiger charge is -2.18. The van der Waals surface area contributed by atoms with Crippen molar-refractivity contribution in [2.75, 3.05) is 0 Å². The van der Waals surface area contributed by atoms with E-state index in [1.165, 1.54) is 33.4 Å². The molecule has 0 bridgehead atoms. The summed E-state index contributed by atoms with van der Waals surface area (Å²) in [6, 6.07) is 6.47. The maximum Gasteiger partial charge on any atom is 0.0468 e. The standard InChI is InChI=1S/C16H15Br3/c1-8-6-5-7-12(9(8)2)13-10(3)11(4)14(17)16(19)15(13)18/h5-7H,1-4H3. The molecule has 0 aliphatic rings. The van der Waals surface area contributed by atoms with E-state index >= 15 is 0 Å². The van der Waals surface area contributed by atoms with Crippen LogP contribution in [0.3, 0.4) is 0 Å². The Bertz CT molecular complexity index is 629. The van der Waals surface area contributed by atoms with Gasteiger partial charge < -0.3 is 0 Å². The van der Waals surface area contributed by atoms with Gasteiger partial charge in [0.15, 0.2) is 0 Å². The van der Waals surface area contributed by atoms with Crippen LogP contribution in [-0.2, 0) is 0 Å². The number of rotatable bonds is 1. The maximum atomic E-state index is 3.73. The number of halogens is 3. The second-order valence-electron chi connectivity index (χ2n) is 4.81. The summed E-state index contributed by atoms with van der Waals surface area (Å²) in [6.45, 7) is 8.66. The molecule has 0 saturated carbocycles. The molecule has 2 aromatic rings. The zero-order valence-electron chi connectivity index (χ0n) is 11.4. The van der Waals surface area contributed by atoms with Crippen LogP contribution in [0.4, 0.5) is 0 Å². The molecule has 0 radical (unpaired) electrons. The SMILES string of the molecule is Cc1cccc(-c2c(C)c(C)c(Br)c(Br)c2Br)c1C. The molecule has 0 fully saturated rings. The Labute approximate surface area is 140 Å². The van der Waals surface area contributed by atoms with Crippen molar-refractivity contribution in [2.45, 2.75) is 27.7 Å². The summed E-state index contributed by atoms with van der Waals surface area (Å²) in [5, 5.41) is 0. The third-order valence-corrected chi connectivity index (χ3v) is 7.39. The monoisotopic (exact) mass is 444 g/mol. The molecule has 0 N–H and O–H groups in total. The molecule has 0 heterocycles. The van der Waals surface area contributed by atoms with Gasteiger partial charge in [0.25, 0.3) is 0 Å². The number of benzene rings is 2. The van der Waals surface area contributed by atoms with Crippen molar-refractivity contribution in [3.05, 3.63) is 53.9 Å². The molecular weight excluding hydrogens is 432 g/mol. The molecule has 3 heteroatoms. The highest BCUT2D eigenvalue weighted by Crippen LogP contribution is 2.44. The number of aryl methyl sites for hydroxylation is 1. The Morgan fingerprint density at radius 1 is 0.684 bits per heavy atom. The van der Waals surface area contributed by atoms with Crippen LogP contribution < -0.4 is 0 Å². The quantitative estimate of drug-likeness (QED) is 0.419. The molecular formula is C16H15Br3. The van der Waals surface area contributed by atoms with Crippen LogP contribution in [0, 0.1) is 27.7 Å². The molecule has 19 heavy (non-hydrogen) atoms. The highest BCUT2D eigenvalue weighted by atomic mass is 79.9. The largest absolute Gasteiger partial charge is 0.0614 e. The Hall–Kier alpha value is -0.120. The molecule has 0 aromatic heterocycles. The van der Waals surface area contributed by atoms with E-state index < -0.39 is 0 Å². The predicted octanol–water partition coefficient (Wildman–Crippen LogP) is 6.87. The summed E-state index contributed by atoms with van der Waals surface area (Å²) in [5.74, 6) is 0. The van der Waals surface area contributed by atoms with E-state index in [1.807, 2.05) is 0 Å². The predicted molar refractivity (Wildman–Crippen MR) is 93.9 cm³/mol. The van der Waals surface area contributed by atoms with Gasteiger partial charge >= 0.3 is 0 Å². The second-order valence-corrected chi connectivity index (χ2v) is 7.19. The van der Waals surface area contributed by atoms with Crippen molar-refractivity contribution in [1.29, 1.82) is 0 Å². The molecule has 0 unspecified atom stereocenters. The summed E-state index contributed by atoms with van der Waals surface area (Å²) >= 11 is 11.0. The van der Waals surface area contributed by atoms with Crippen LogP contribution in [0.5, 0.6) is 0 Å². The van der Waals surface area contributed by atoms with Crippen molar-refractivity contribution in [3.63, 3.8) is 0 Å². The zero-order chi connectivity index (χ0) is 14.3. The molecule has 2 rings (SSSR count). The summed E-state index contributed by atoms with van der Waals surface area (Å²) in [7, 11) is 0. The fourth-order valence-corrected chi connectivity index (χ4v) is 4.20. The normalized spacial score (nSPS) is 10.9. The van der Waals surface area contributed by atoms with E-state index in [9.17, 15) is 0 Å². The summed E-state index contributed by atoms with van der Waals surface area (Å²) in [6.07, 6.45) is 0. The second kappa shape index (κ2) is 5.71. The van der Waals surface area contributed by atoms with Crippen molar-refractivity contribution < 1.29 is 0 Å². The van der Waals surface area contributed by atoms with Crippen LogP contribution in [0.25, 0.3) is 11.1 Å². The highest BCUT2D eigenvalue weighted by molar-refractivity contribution is 9.14. The molecule has 0 spiro atoms. The van der Waals surface area contributed by atoms with Crippen LogP contribution in [0.1, 0.15) is 22.3 Å². The molecule has 0 aliphatic carbocycles. The first kappa shape index (κ1) is 15.3. The minimum Gasteiger partial charge on any atom is -0.0614 e. The van der Waals surface area contributed by atoms with E-state index in [2.05, 4.69) is 93.7 Å². The lowest BCUT2D eigenvalue weighted by atomic mass is 9.92. The topological polar surface area (TPSA) is 0 Å². The van der Waals surface area contributed by atoms with Crippen LogP contribution in [0.2, 0.25) is 0 Å². The molecule has 0 atom stereocenters. The van der Waals surface area contributed by atoms with Crippen molar-refractivity contribution in [3.8, 4) is 11.1 Å². The molecule has 0 amide bonds. The lowest BCUT2D eigenvalue weighted by Crippen LogP contribution is -1.96. The first-order valence-electron chi connectivity index (χ1n) is 6.06. The van der Waals surface area contributed by atoms with Gasteiger partial charge in [-0.1, -0.05) is 18.2 Å². The van der Waals surface area contributed by atoms with Gasteiger partial charge in [-0.05, 0) is 103 Å². The van der Waals surface area contributed by atoms with Gasteiger partial charge in [0.1, 0.15) is 0 Å². The summed E-state index contributed by atoms with van der Waals surface area (Å²) < 4.78 is 3.30. The fourth-order valence-electron chi connectivity index (χ4n) is 2.23. The van der Waals surface area contributed by atoms with E-state index in [-0.39, 0.29) is 0 Å². The van der Waals surface area contributed by atoms with Crippen LogP contribution in [-0.4, -0.2) is 0 Å². The van der Waals surface area contributed by atoms with Gasteiger partial charge in [-0.25, -0.2) is 0 Å². The Kier molecular flexibility index (Phi) is 4.59. The first-order valence-corrected chi connectivity index (χ1v) is 8.44. The smallest absolute Gasteiger partial charge is 0.0468 e. The molecule has 0 aliphatic heterocycles. The average molecular weight is 447 g/mol. The van der Waals surface area contributed by atoms with Crippen molar-refractivity contribution in [1.82, 2.24) is 0 Å². The minimum atomic E-state index is 1.08. The van der Waals surface area contributed by atoms with Gasteiger partial charge in [-0.3, -0.25) is 0 Å². The summed E-state index contributed by atoms with van der Waals surface area (Å²) in [5.41, 5.74) is 7.79. The Morgan fingerprint density at radius 3 is 1.95 bits per heavy atom. The van der Waals surface area contributed by atoms with E-state index in [0.717, 1.165) is 13.4 Å². The molecule has 0 nitrogen and oxygen atoms in total. The highest BCUT2D eigenvalue weighted by Gasteiger charge is 2.18. The fraction of sp³-hybridized carbons (Fsp3) is 0.250. The molecule has 100 valence electrons. The van der Waals surface area contributed by atoms with E-state index in [0.29, 0.717) is 0 Å². The number of hydrogen-bond acceptors (Lipinski definition) is 0. The first-order chi connectivity index (χ1) is 8.86. The molecule has 2 aromatic carbocycles. The third-order valence-electron chi connectivity index (χ3n) is 3.75. The van der Waals surface area contributed by atoms with E-state index in [1.54, 1.807) is 0 Å².